The van der Waals surface area contributed by atoms with Crippen LogP contribution in [0.5, 0.6) is 0 Å². The van der Waals surface area contributed by atoms with E-state index >= 15 is 0 Å². The molecule has 212 valence electrons. The van der Waals surface area contributed by atoms with Gasteiger partial charge in [-0.1, -0.05) is 29.8 Å². The minimum absolute atomic E-state index is 0.0209. The van der Waals surface area contributed by atoms with Gasteiger partial charge in [0.25, 0.3) is 5.91 Å². The average Bonchev–Trinajstić information content (AvgIpc) is 3.53. The molecule has 2 aromatic carbocycles. The standard InChI is InChI=1S/C29H27ClFN5O5/c30-23-5-1-3-18(27(23)31)14-33-25(38)15-35(19-7-8-19)26(39)16-36-24-9-6-17(12-22(24)28(34-36)29(32)40)11-20(37)13-21-4-2-10-41-21/h1-6,9-10,12,19H,7-8,11,13-16H2,(H2,32,40)(H,33,38). The third-order valence-corrected chi connectivity index (χ3v) is 7.11. The first-order valence-corrected chi connectivity index (χ1v) is 13.4. The van der Waals surface area contributed by atoms with E-state index in [1.165, 1.54) is 28.0 Å². The first-order valence-electron chi connectivity index (χ1n) is 13.0. The number of carbonyl (C=O) groups is 4. The first kappa shape index (κ1) is 28.0. The highest BCUT2D eigenvalue weighted by Crippen LogP contribution is 2.28. The summed E-state index contributed by atoms with van der Waals surface area (Å²) in [4.78, 5) is 52.1. The summed E-state index contributed by atoms with van der Waals surface area (Å²) in [5.41, 5.74) is 6.94. The Labute approximate surface area is 239 Å². The second kappa shape index (κ2) is 11.9. The van der Waals surface area contributed by atoms with E-state index in [-0.39, 0.29) is 66.5 Å². The monoisotopic (exact) mass is 579 g/mol. The average molecular weight is 580 g/mol. The van der Waals surface area contributed by atoms with Crippen LogP contribution < -0.4 is 11.1 Å². The van der Waals surface area contributed by atoms with Crippen LogP contribution in [0.4, 0.5) is 4.39 Å². The number of nitrogens with zero attached hydrogens (tertiary/aromatic N) is 3. The highest BCUT2D eigenvalue weighted by Gasteiger charge is 2.34. The van der Waals surface area contributed by atoms with Crippen molar-refractivity contribution in [2.45, 2.75) is 44.8 Å². The summed E-state index contributed by atoms with van der Waals surface area (Å²) in [6, 6.07) is 13.0. The van der Waals surface area contributed by atoms with Crippen molar-refractivity contribution in [3.63, 3.8) is 0 Å². The minimum atomic E-state index is -0.771. The SMILES string of the molecule is NC(=O)c1nn(CC(=O)N(CC(=O)NCc2cccc(Cl)c2F)C2CC2)c2ccc(CC(=O)Cc3ccco3)cc12. The quantitative estimate of drug-likeness (QED) is 0.264. The van der Waals surface area contributed by atoms with Crippen molar-refractivity contribution in [2.24, 2.45) is 5.73 Å². The van der Waals surface area contributed by atoms with E-state index in [4.69, 9.17) is 21.8 Å². The van der Waals surface area contributed by atoms with Crippen LogP contribution in [-0.2, 0) is 40.3 Å². The maximum absolute atomic E-state index is 14.2. The molecular formula is C29H27ClFN5O5. The molecule has 3 amide bonds. The van der Waals surface area contributed by atoms with Crippen molar-refractivity contribution in [3.8, 4) is 0 Å². The zero-order valence-corrected chi connectivity index (χ0v) is 22.7. The molecule has 2 heterocycles. The molecular weight excluding hydrogens is 553 g/mol. The molecule has 0 spiro atoms. The summed E-state index contributed by atoms with van der Waals surface area (Å²) in [5.74, 6) is -1.70. The van der Waals surface area contributed by atoms with Gasteiger partial charge in [-0.05, 0) is 48.7 Å². The second-order valence-electron chi connectivity index (χ2n) is 9.94. The molecule has 10 nitrogen and oxygen atoms in total. The number of hydrogen-bond donors (Lipinski definition) is 2. The van der Waals surface area contributed by atoms with Gasteiger partial charge in [0.05, 0.1) is 29.8 Å². The Kier molecular flexibility index (Phi) is 8.16. The van der Waals surface area contributed by atoms with Crippen molar-refractivity contribution in [2.75, 3.05) is 6.54 Å². The normalized spacial score (nSPS) is 12.8. The number of rotatable bonds is 12. The number of furan rings is 1. The molecule has 3 N–H and O–H groups in total. The van der Waals surface area contributed by atoms with Crippen molar-refractivity contribution < 1.29 is 28.0 Å². The van der Waals surface area contributed by atoms with Crippen LogP contribution in [0.2, 0.25) is 5.02 Å². The van der Waals surface area contributed by atoms with Gasteiger partial charge in [-0.2, -0.15) is 5.10 Å². The molecule has 1 fully saturated rings. The number of aromatic nitrogens is 2. The number of primary amides is 1. The molecule has 12 heteroatoms. The molecule has 1 aliphatic carbocycles. The summed E-state index contributed by atoms with van der Waals surface area (Å²) in [5, 5.41) is 7.30. The van der Waals surface area contributed by atoms with Gasteiger partial charge in [-0.25, -0.2) is 4.39 Å². The van der Waals surface area contributed by atoms with Gasteiger partial charge in [-0.15, -0.1) is 0 Å². The Morgan fingerprint density at radius 2 is 1.93 bits per heavy atom. The number of nitrogens with two attached hydrogens (primary N) is 1. The molecule has 1 aliphatic rings. The van der Waals surface area contributed by atoms with Crippen LogP contribution in [-0.4, -0.2) is 50.8 Å². The fourth-order valence-corrected chi connectivity index (χ4v) is 4.85. The Morgan fingerprint density at radius 1 is 1.12 bits per heavy atom. The molecule has 0 bridgehead atoms. The lowest BCUT2D eigenvalue weighted by Gasteiger charge is -2.22. The van der Waals surface area contributed by atoms with E-state index in [0.29, 0.717) is 22.2 Å². The van der Waals surface area contributed by atoms with E-state index in [2.05, 4.69) is 10.4 Å². The minimum Gasteiger partial charge on any atom is -0.469 e. The summed E-state index contributed by atoms with van der Waals surface area (Å²) < 4.78 is 20.8. The van der Waals surface area contributed by atoms with Crippen LogP contribution >= 0.6 is 11.6 Å². The first-order chi connectivity index (χ1) is 19.7. The smallest absolute Gasteiger partial charge is 0.269 e. The van der Waals surface area contributed by atoms with Crippen LogP contribution in [0, 0.1) is 5.82 Å². The zero-order valence-electron chi connectivity index (χ0n) is 21.9. The Balaban J connectivity index is 1.28. The largest absolute Gasteiger partial charge is 0.469 e. The fourth-order valence-electron chi connectivity index (χ4n) is 4.65. The number of hydrogen-bond acceptors (Lipinski definition) is 6. The molecule has 4 aromatic rings. The molecule has 0 radical (unpaired) electrons. The zero-order chi connectivity index (χ0) is 29.1. The second-order valence-corrected chi connectivity index (χ2v) is 10.3. The molecule has 0 aliphatic heterocycles. The van der Waals surface area contributed by atoms with Crippen LogP contribution in [0.25, 0.3) is 10.9 Å². The van der Waals surface area contributed by atoms with Gasteiger partial charge in [0.1, 0.15) is 23.9 Å². The number of amides is 3. The van der Waals surface area contributed by atoms with Crippen molar-refractivity contribution in [3.05, 3.63) is 88.2 Å². The van der Waals surface area contributed by atoms with E-state index in [1.54, 1.807) is 36.4 Å². The number of nitrogens with one attached hydrogen (secondary N) is 1. The predicted molar refractivity (Wildman–Crippen MR) is 147 cm³/mol. The predicted octanol–water partition coefficient (Wildman–Crippen LogP) is 3.18. The molecule has 41 heavy (non-hydrogen) atoms. The van der Waals surface area contributed by atoms with Crippen molar-refractivity contribution in [1.82, 2.24) is 20.0 Å². The van der Waals surface area contributed by atoms with Crippen molar-refractivity contribution >= 4 is 46.0 Å². The van der Waals surface area contributed by atoms with E-state index in [1.807, 2.05) is 0 Å². The van der Waals surface area contributed by atoms with Gasteiger partial charge >= 0.3 is 0 Å². The summed E-state index contributed by atoms with van der Waals surface area (Å²) in [6.07, 6.45) is 3.26. The van der Waals surface area contributed by atoms with Gasteiger partial charge in [-0.3, -0.25) is 23.9 Å². The lowest BCUT2D eigenvalue weighted by Crippen LogP contribution is -2.43. The molecule has 0 atom stereocenters. The third-order valence-electron chi connectivity index (χ3n) is 6.82. The molecule has 5 rings (SSSR count). The lowest BCUT2D eigenvalue weighted by atomic mass is 10.0. The summed E-state index contributed by atoms with van der Waals surface area (Å²) >= 11 is 5.80. The Bertz CT molecular complexity index is 1630. The van der Waals surface area contributed by atoms with Gasteiger partial charge in [0, 0.05) is 30.0 Å². The number of halogens is 2. The number of carbonyl (C=O) groups excluding carboxylic acids is 4. The fraction of sp³-hybridized carbons (Fsp3) is 0.276. The molecule has 0 saturated heterocycles. The molecule has 2 aromatic heterocycles. The number of ketones is 1. The van der Waals surface area contributed by atoms with E-state index in [0.717, 1.165) is 12.8 Å². The highest BCUT2D eigenvalue weighted by molar-refractivity contribution is 6.30. The van der Waals surface area contributed by atoms with Gasteiger partial charge in [0.2, 0.25) is 11.8 Å². The maximum Gasteiger partial charge on any atom is 0.269 e. The van der Waals surface area contributed by atoms with Crippen LogP contribution in [0.1, 0.15) is 40.2 Å². The topological polar surface area (TPSA) is 141 Å². The van der Waals surface area contributed by atoms with E-state index in [9.17, 15) is 23.6 Å². The van der Waals surface area contributed by atoms with Gasteiger partial charge in [0.15, 0.2) is 5.69 Å². The summed E-state index contributed by atoms with van der Waals surface area (Å²) in [7, 11) is 0. The number of Topliss-reactive ketones (excluding diaryl/α,β-unsaturated/α-hetero) is 1. The van der Waals surface area contributed by atoms with Crippen molar-refractivity contribution in [1.29, 1.82) is 0 Å². The third kappa shape index (κ3) is 6.63. The number of benzene rings is 2. The highest BCUT2D eigenvalue weighted by atomic mass is 35.5. The summed E-state index contributed by atoms with van der Waals surface area (Å²) in [6.45, 7) is -0.515. The Morgan fingerprint density at radius 3 is 2.63 bits per heavy atom. The Hall–Kier alpha value is -4.51. The number of fused-ring (bicyclic) bond motifs is 1. The van der Waals surface area contributed by atoms with Gasteiger partial charge < -0.3 is 20.4 Å². The maximum atomic E-state index is 14.2. The van der Waals surface area contributed by atoms with E-state index < -0.39 is 17.6 Å². The molecule has 0 unspecified atom stereocenters. The van der Waals surface area contributed by atoms with Crippen LogP contribution in [0.15, 0.2) is 59.2 Å². The molecule has 1 saturated carbocycles. The lowest BCUT2D eigenvalue weighted by molar-refractivity contribution is -0.137. The van der Waals surface area contributed by atoms with Crippen LogP contribution in [0.3, 0.4) is 0 Å².